The first-order valence-electron chi connectivity index (χ1n) is 10.1. The highest BCUT2D eigenvalue weighted by molar-refractivity contribution is 6.25. The van der Waals surface area contributed by atoms with Crippen molar-refractivity contribution >= 4 is 32.6 Å². The molecule has 0 fully saturated rings. The fourth-order valence-corrected chi connectivity index (χ4v) is 4.31. The molecule has 6 rings (SSSR count). The Morgan fingerprint density at radius 1 is 0.533 bits per heavy atom. The smallest absolute Gasteiger partial charge is 0.0921 e. The van der Waals surface area contributed by atoms with Crippen LogP contribution in [0.5, 0.6) is 0 Å². The largest absolute Gasteiger partial charge is 0.260 e. The van der Waals surface area contributed by atoms with Crippen LogP contribution in [0.3, 0.4) is 0 Å². The van der Waals surface area contributed by atoms with Crippen molar-refractivity contribution in [1.82, 2.24) is 15.0 Å². The third kappa shape index (κ3) is 2.49. The Balaban J connectivity index is 1.78. The summed E-state index contributed by atoms with van der Waals surface area (Å²) in [6.45, 7) is 4.21. The van der Waals surface area contributed by atoms with E-state index in [0.29, 0.717) is 0 Å². The van der Waals surface area contributed by atoms with Crippen molar-refractivity contribution in [2.24, 2.45) is 0 Å². The van der Waals surface area contributed by atoms with E-state index in [1.54, 1.807) is 0 Å². The van der Waals surface area contributed by atoms with Crippen molar-refractivity contribution in [2.75, 3.05) is 0 Å². The van der Waals surface area contributed by atoms with Crippen LogP contribution in [-0.4, -0.2) is 15.0 Å². The Labute approximate surface area is 174 Å². The summed E-state index contributed by atoms with van der Waals surface area (Å²) in [4.78, 5) is 14.5. The highest BCUT2D eigenvalue weighted by Gasteiger charge is 2.18. The number of nitrogens with zero attached hydrogens (tertiary/aromatic N) is 3. The maximum absolute atomic E-state index is 5.02. The molecule has 0 aliphatic rings. The van der Waals surface area contributed by atoms with Gasteiger partial charge in [0.15, 0.2) is 0 Å². The van der Waals surface area contributed by atoms with Gasteiger partial charge in [-0.2, -0.15) is 0 Å². The summed E-state index contributed by atoms with van der Waals surface area (Å²) in [5.74, 6) is 0. The van der Waals surface area contributed by atoms with Crippen molar-refractivity contribution < 1.29 is 0 Å². The molecular weight excluding hydrogens is 366 g/mol. The molecule has 0 unspecified atom stereocenters. The lowest BCUT2D eigenvalue weighted by atomic mass is 9.94. The van der Waals surface area contributed by atoms with Gasteiger partial charge in [-0.3, -0.25) is 4.98 Å². The second-order valence-corrected chi connectivity index (χ2v) is 7.93. The Hall–Kier alpha value is -3.85. The third-order valence-corrected chi connectivity index (χ3v) is 5.85. The maximum Gasteiger partial charge on any atom is 0.0921 e. The Bertz CT molecular complexity index is 1420. The zero-order valence-electron chi connectivity index (χ0n) is 16.8. The number of rotatable bonds is 2. The molecule has 0 bridgehead atoms. The van der Waals surface area contributed by atoms with E-state index in [1.807, 2.05) is 12.4 Å². The van der Waals surface area contributed by atoms with Gasteiger partial charge in [0, 0.05) is 32.7 Å². The minimum atomic E-state index is 0.884. The lowest BCUT2D eigenvalue weighted by molar-refractivity contribution is 1.30. The van der Waals surface area contributed by atoms with Crippen LogP contribution in [0.2, 0.25) is 0 Å². The van der Waals surface area contributed by atoms with E-state index < -0.39 is 0 Å². The van der Waals surface area contributed by atoms with E-state index >= 15 is 0 Å². The number of benzene rings is 3. The van der Waals surface area contributed by atoms with Gasteiger partial charge < -0.3 is 0 Å². The molecule has 3 aromatic carbocycles. The van der Waals surface area contributed by atoms with E-state index in [1.165, 1.54) is 16.5 Å². The molecule has 0 radical (unpaired) electrons. The van der Waals surface area contributed by atoms with Gasteiger partial charge in [0.1, 0.15) is 0 Å². The average molecular weight is 385 g/mol. The summed E-state index contributed by atoms with van der Waals surface area (Å²) in [6.07, 6.45) is 3.69. The highest BCUT2D eigenvalue weighted by atomic mass is 14.8. The van der Waals surface area contributed by atoms with Crippen LogP contribution in [0.1, 0.15) is 11.1 Å². The maximum atomic E-state index is 5.02. The van der Waals surface area contributed by atoms with Gasteiger partial charge in [-0.1, -0.05) is 77.9 Å². The van der Waals surface area contributed by atoms with E-state index in [2.05, 4.69) is 85.6 Å². The van der Waals surface area contributed by atoms with Gasteiger partial charge in [-0.05, 0) is 13.8 Å². The Morgan fingerprint density at radius 3 is 1.47 bits per heavy atom. The molecule has 0 atom stereocenters. The molecule has 3 nitrogen and oxygen atoms in total. The van der Waals surface area contributed by atoms with Crippen LogP contribution in [0.25, 0.3) is 55.1 Å². The summed E-state index contributed by atoms with van der Waals surface area (Å²) in [6, 6.07) is 23.6. The van der Waals surface area contributed by atoms with Crippen LogP contribution in [0.4, 0.5) is 0 Å². The standard InChI is InChI=1S/C27H19N3/c1-16-6-10-18(11-7-16)26-20-4-3-5-21-24(20)25-22(29-26)14-28-15-23(25)30-27(21)19-12-8-17(2)9-13-19/h3-15H,1-2H3. The molecular formula is C27H19N3. The molecule has 6 aromatic rings. The van der Waals surface area contributed by atoms with Gasteiger partial charge in [-0.25, -0.2) is 9.97 Å². The summed E-state index contributed by atoms with van der Waals surface area (Å²) < 4.78 is 0. The van der Waals surface area contributed by atoms with E-state index in [9.17, 15) is 0 Å². The molecule has 30 heavy (non-hydrogen) atoms. The van der Waals surface area contributed by atoms with Gasteiger partial charge in [0.25, 0.3) is 0 Å². The monoisotopic (exact) mass is 385 g/mol. The normalized spacial score (nSPS) is 11.7. The topological polar surface area (TPSA) is 38.7 Å². The summed E-state index contributed by atoms with van der Waals surface area (Å²) >= 11 is 0. The van der Waals surface area contributed by atoms with Gasteiger partial charge in [0.2, 0.25) is 0 Å². The second kappa shape index (κ2) is 6.33. The van der Waals surface area contributed by atoms with Crippen molar-refractivity contribution in [3.8, 4) is 22.5 Å². The first-order chi connectivity index (χ1) is 14.7. The summed E-state index contributed by atoms with van der Waals surface area (Å²) in [5, 5.41) is 4.59. The lowest BCUT2D eigenvalue weighted by Crippen LogP contribution is -1.97. The number of aromatic nitrogens is 3. The first kappa shape index (κ1) is 17.0. The van der Waals surface area contributed by atoms with Gasteiger partial charge in [-0.15, -0.1) is 0 Å². The molecule has 3 aromatic heterocycles. The predicted molar refractivity (Wildman–Crippen MR) is 124 cm³/mol. The molecule has 0 amide bonds. The molecule has 142 valence electrons. The van der Waals surface area contributed by atoms with Crippen LogP contribution in [-0.2, 0) is 0 Å². The summed E-state index contributed by atoms with van der Waals surface area (Å²) in [7, 11) is 0. The fourth-order valence-electron chi connectivity index (χ4n) is 4.31. The molecule has 3 heteroatoms. The van der Waals surface area contributed by atoms with Crippen LogP contribution in [0, 0.1) is 13.8 Å². The van der Waals surface area contributed by atoms with Gasteiger partial charge >= 0.3 is 0 Å². The first-order valence-corrected chi connectivity index (χ1v) is 10.1. The van der Waals surface area contributed by atoms with E-state index in [0.717, 1.165) is 49.7 Å². The predicted octanol–water partition coefficient (Wildman–Crippen LogP) is 6.72. The minimum absolute atomic E-state index is 0.884. The van der Waals surface area contributed by atoms with Crippen molar-refractivity contribution in [3.63, 3.8) is 0 Å². The van der Waals surface area contributed by atoms with Gasteiger partial charge in [0.05, 0.1) is 34.8 Å². The molecule has 0 saturated carbocycles. The molecule has 0 N–H and O–H groups in total. The van der Waals surface area contributed by atoms with E-state index in [4.69, 9.17) is 9.97 Å². The Morgan fingerprint density at radius 2 is 1.00 bits per heavy atom. The molecule has 0 saturated heterocycles. The average Bonchev–Trinajstić information content (AvgIpc) is 2.78. The minimum Gasteiger partial charge on any atom is -0.260 e. The van der Waals surface area contributed by atoms with E-state index in [-0.39, 0.29) is 0 Å². The third-order valence-electron chi connectivity index (χ3n) is 5.85. The molecule has 0 aliphatic heterocycles. The van der Waals surface area contributed by atoms with Crippen LogP contribution in [0.15, 0.2) is 79.1 Å². The van der Waals surface area contributed by atoms with Crippen molar-refractivity contribution in [3.05, 3.63) is 90.3 Å². The lowest BCUT2D eigenvalue weighted by Gasteiger charge is -2.16. The number of hydrogen-bond acceptors (Lipinski definition) is 3. The second-order valence-electron chi connectivity index (χ2n) is 7.93. The quantitative estimate of drug-likeness (QED) is 0.311. The SMILES string of the molecule is Cc1ccc(-c2nc3cncc4nc(-c5ccc(C)cc5)c5cccc2c5c34)cc1. The fraction of sp³-hybridized carbons (Fsp3) is 0.0741. The number of hydrogen-bond donors (Lipinski definition) is 0. The Kier molecular flexibility index (Phi) is 3.59. The van der Waals surface area contributed by atoms with Crippen molar-refractivity contribution in [2.45, 2.75) is 13.8 Å². The zero-order chi connectivity index (χ0) is 20.2. The summed E-state index contributed by atoms with van der Waals surface area (Å²) in [5.41, 5.74) is 8.46. The highest BCUT2D eigenvalue weighted by Crippen LogP contribution is 2.40. The number of pyridine rings is 3. The molecule has 3 heterocycles. The number of aryl methyl sites for hydroxylation is 2. The zero-order valence-corrected chi connectivity index (χ0v) is 16.8. The molecule has 0 spiro atoms. The van der Waals surface area contributed by atoms with Crippen LogP contribution < -0.4 is 0 Å². The van der Waals surface area contributed by atoms with Crippen molar-refractivity contribution in [1.29, 1.82) is 0 Å². The molecule has 0 aliphatic carbocycles. The van der Waals surface area contributed by atoms with Crippen LogP contribution >= 0.6 is 0 Å².